The molecule has 0 saturated heterocycles. The van der Waals surface area contributed by atoms with E-state index in [4.69, 9.17) is 19.9 Å². The fourth-order valence-corrected chi connectivity index (χ4v) is 12.5. The largest absolute Gasteiger partial charge is 0.228 e. The van der Waals surface area contributed by atoms with Crippen LogP contribution in [0.5, 0.6) is 0 Å². The number of nitrogens with zero attached hydrogens (tertiary/aromatic N) is 4. The van der Waals surface area contributed by atoms with Gasteiger partial charge in [-0.15, -0.1) is 0 Å². The van der Waals surface area contributed by atoms with Crippen LogP contribution in [0.15, 0.2) is 291 Å². The van der Waals surface area contributed by atoms with E-state index in [1.54, 1.807) is 0 Å². The fraction of sp³-hybridized carbons (Fsp3) is 0.0263. The Balaban J connectivity index is 0.836. The minimum absolute atomic E-state index is 0.0545. The Bertz CT molecular complexity index is 4190. The SMILES string of the molecule is c1ccc(-c2cc(-c3ccccc3-c3ccccc3)nc(-c3ccccc3-c3ccc4c(c3)C3c5ccccc5C4c4cc(-c5ccccc5-c5cc(-c6ccccc6-c6ccccc6)nc(-c6ccccc6)n5)ccc43)n2)cc1. The van der Waals surface area contributed by atoms with Gasteiger partial charge in [-0.3, -0.25) is 0 Å². The first-order chi connectivity index (χ1) is 39.7. The molecule has 0 fully saturated rings. The zero-order chi connectivity index (χ0) is 52.9. The van der Waals surface area contributed by atoms with Gasteiger partial charge in [0.25, 0.3) is 0 Å². The maximum atomic E-state index is 5.45. The van der Waals surface area contributed by atoms with Crippen molar-refractivity contribution in [1.82, 2.24) is 19.9 Å². The Morgan fingerprint density at radius 2 is 0.475 bits per heavy atom. The Hall–Kier alpha value is -10.4. The van der Waals surface area contributed by atoms with Crippen LogP contribution >= 0.6 is 0 Å². The van der Waals surface area contributed by atoms with Gasteiger partial charge < -0.3 is 0 Å². The van der Waals surface area contributed by atoms with Crippen LogP contribution in [-0.4, -0.2) is 19.9 Å². The molecule has 2 unspecified atom stereocenters. The second-order valence-electron chi connectivity index (χ2n) is 20.8. The molecule has 3 aliphatic rings. The highest BCUT2D eigenvalue weighted by atomic mass is 14.9. The molecule has 2 atom stereocenters. The maximum Gasteiger partial charge on any atom is 0.161 e. The molecule has 4 heteroatoms. The van der Waals surface area contributed by atoms with E-state index in [2.05, 4.69) is 285 Å². The summed E-state index contributed by atoms with van der Waals surface area (Å²) >= 11 is 0. The molecule has 3 aliphatic carbocycles. The van der Waals surface area contributed by atoms with Crippen LogP contribution in [0.4, 0.5) is 0 Å². The smallest absolute Gasteiger partial charge is 0.161 e. The lowest BCUT2D eigenvalue weighted by Crippen LogP contribution is -2.27. The highest BCUT2D eigenvalue weighted by Gasteiger charge is 2.41. The lowest BCUT2D eigenvalue weighted by atomic mass is 9.60. The predicted octanol–water partition coefficient (Wildman–Crippen LogP) is 18.9. The van der Waals surface area contributed by atoms with Crippen LogP contribution < -0.4 is 0 Å². The normalized spacial score (nSPS) is 13.8. The van der Waals surface area contributed by atoms with Crippen LogP contribution in [0.25, 0.3) is 112 Å². The summed E-state index contributed by atoms with van der Waals surface area (Å²) in [7, 11) is 0. The summed E-state index contributed by atoms with van der Waals surface area (Å²) in [4.78, 5) is 21.5. The quantitative estimate of drug-likeness (QED) is 0.137. The third-order valence-electron chi connectivity index (χ3n) is 16.2. The van der Waals surface area contributed by atoms with E-state index >= 15 is 0 Å². The average molecular weight is 1020 g/mol. The Kier molecular flexibility index (Phi) is 11.6. The van der Waals surface area contributed by atoms with Gasteiger partial charge in [0.1, 0.15) is 0 Å². The molecule has 0 amide bonds. The summed E-state index contributed by atoms with van der Waals surface area (Å²) in [6, 6.07) is 104. The second kappa shape index (κ2) is 19.9. The van der Waals surface area contributed by atoms with E-state index in [-0.39, 0.29) is 11.8 Å². The Labute approximate surface area is 466 Å². The van der Waals surface area contributed by atoms with Gasteiger partial charge >= 0.3 is 0 Å². The van der Waals surface area contributed by atoms with Crippen LogP contribution in [0.3, 0.4) is 0 Å². The van der Waals surface area contributed by atoms with Gasteiger partial charge in [-0.2, -0.15) is 0 Å². The maximum absolute atomic E-state index is 5.45. The summed E-state index contributed by atoms with van der Waals surface area (Å²) in [5.74, 6) is 1.49. The summed E-state index contributed by atoms with van der Waals surface area (Å²) < 4.78 is 0. The van der Waals surface area contributed by atoms with E-state index < -0.39 is 0 Å². The van der Waals surface area contributed by atoms with Gasteiger partial charge in [0.05, 0.1) is 22.8 Å². The molecule has 2 aromatic heterocycles. The molecule has 0 radical (unpaired) electrons. The lowest BCUT2D eigenvalue weighted by Gasteiger charge is -2.42. The van der Waals surface area contributed by atoms with Crippen LogP contribution in [0.1, 0.15) is 45.2 Å². The topological polar surface area (TPSA) is 51.6 Å². The summed E-state index contributed by atoms with van der Waals surface area (Å²) in [6.45, 7) is 0. The van der Waals surface area contributed by atoms with Crippen molar-refractivity contribution in [3.05, 3.63) is 325 Å². The van der Waals surface area contributed by atoms with Gasteiger partial charge in [-0.05, 0) is 102 Å². The van der Waals surface area contributed by atoms with E-state index in [9.17, 15) is 0 Å². The molecule has 374 valence electrons. The van der Waals surface area contributed by atoms with Crippen molar-refractivity contribution in [3.8, 4) is 112 Å². The van der Waals surface area contributed by atoms with Crippen LogP contribution in [0.2, 0.25) is 0 Å². The van der Waals surface area contributed by atoms with Crippen molar-refractivity contribution in [2.24, 2.45) is 0 Å². The second-order valence-corrected chi connectivity index (χ2v) is 20.8. The lowest BCUT2D eigenvalue weighted by molar-refractivity contribution is 0.755. The minimum Gasteiger partial charge on any atom is -0.228 e. The monoisotopic (exact) mass is 1020 g/mol. The number of aromatic nitrogens is 4. The molecule has 2 bridgehead atoms. The third-order valence-corrected chi connectivity index (χ3v) is 16.2. The van der Waals surface area contributed by atoms with Crippen LogP contribution in [-0.2, 0) is 0 Å². The van der Waals surface area contributed by atoms with Crippen molar-refractivity contribution < 1.29 is 0 Å². The Morgan fingerprint density at radius 1 is 0.175 bits per heavy atom. The molecule has 0 saturated carbocycles. The Morgan fingerprint density at radius 3 is 0.925 bits per heavy atom. The summed E-state index contributed by atoms with van der Waals surface area (Å²) in [6.07, 6.45) is 0. The molecular weight excluding hydrogens is 969 g/mol. The number of hydrogen-bond acceptors (Lipinski definition) is 4. The molecule has 80 heavy (non-hydrogen) atoms. The summed E-state index contributed by atoms with van der Waals surface area (Å²) in [5.41, 5.74) is 26.9. The first-order valence-corrected chi connectivity index (χ1v) is 27.4. The highest BCUT2D eigenvalue weighted by Crippen LogP contribution is 2.57. The number of benzene rings is 11. The van der Waals surface area contributed by atoms with Gasteiger partial charge in [0.2, 0.25) is 0 Å². The van der Waals surface area contributed by atoms with E-state index in [0.29, 0.717) is 11.6 Å². The van der Waals surface area contributed by atoms with Gasteiger partial charge in [0.15, 0.2) is 11.6 Å². The molecule has 13 aromatic rings. The van der Waals surface area contributed by atoms with E-state index in [1.165, 1.54) is 33.4 Å². The average Bonchev–Trinajstić information content (AvgIpc) is 3.64. The molecule has 0 aliphatic heterocycles. The van der Waals surface area contributed by atoms with Crippen molar-refractivity contribution in [3.63, 3.8) is 0 Å². The predicted molar refractivity (Wildman–Crippen MR) is 327 cm³/mol. The molecule has 2 heterocycles. The molecule has 16 rings (SSSR count). The molecule has 4 nitrogen and oxygen atoms in total. The van der Waals surface area contributed by atoms with Crippen LogP contribution in [0, 0.1) is 0 Å². The third kappa shape index (κ3) is 8.25. The summed E-state index contributed by atoms with van der Waals surface area (Å²) in [5, 5.41) is 0. The van der Waals surface area contributed by atoms with E-state index in [1.807, 2.05) is 6.07 Å². The molecule has 0 spiro atoms. The zero-order valence-electron chi connectivity index (χ0n) is 43.7. The molecule has 11 aromatic carbocycles. The first-order valence-electron chi connectivity index (χ1n) is 27.4. The van der Waals surface area contributed by atoms with Crippen molar-refractivity contribution in [2.45, 2.75) is 11.8 Å². The number of hydrogen-bond donors (Lipinski definition) is 0. The van der Waals surface area contributed by atoms with E-state index in [0.717, 1.165) is 101 Å². The van der Waals surface area contributed by atoms with Gasteiger partial charge in [0, 0.05) is 45.2 Å². The highest BCUT2D eigenvalue weighted by molar-refractivity contribution is 5.90. The standard InChI is InChI=1S/C76H50N4/c1-5-23-49(24-6-1)55-31-13-17-35-59(55)70-47-69(51-27-9-3-10-28-51)77-76(80-70)66-40-22-16-34-58(66)54-42-44-65-68(46-54)74-63-39-21-20-38-62(63)73(65)67-45-53(41-43-64(67)74)57-33-15-19-37-61(57)72-48-71(78-75(79-72)52-29-11-4-12-30-52)60-36-18-14-32-56(60)50-25-7-2-8-26-50/h1-48,73-74H. The molecular formula is C76H50N4. The van der Waals surface area contributed by atoms with Crippen molar-refractivity contribution >= 4 is 0 Å². The minimum atomic E-state index is 0.0545. The molecule has 0 N–H and O–H groups in total. The van der Waals surface area contributed by atoms with Gasteiger partial charge in [-0.25, -0.2) is 19.9 Å². The zero-order valence-corrected chi connectivity index (χ0v) is 43.7. The van der Waals surface area contributed by atoms with Crippen molar-refractivity contribution in [2.75, 3.05) is 0 Å². The first kappa shape index (κ1) is 46.8. The van der Waals surface area contributed by atoms with Gasteiger partial charge in [-0.1, -0.05) is 267 Å². The van der Waals surface area contributed by atoms with Crippen molar-refractivity contribution in [1.29, 1.82) is 0 Å². The fourth-order valence-electron chi connectivity index (χ4n) is 12.5. The number of rotatable bonds is 10.